The first-order valence-electron chi connectivity index (χ1n) is 8.45. The smallest absolute Gasteiger partial charge is 0.408 e. The Kier molecular flexibility index (Phi) is 5.04. The molecule has 2 atom stereocenters. The summed E-state index contributed by atoms with van der Waals surface area (Å²) < 4.78 is 10.3. The Morgan fingerprint density at radius 3 is 2.50 bits per heavy atom. The number of alkyl carbamates (subject to hydrolysis) is 1. The SMILES string of the molecule is COC(=O)C1(NC(=O)OCc2ccccc2)CC2CCCC(C1)N2. The molecule has 0 radical (unpaired) electrons. The summed E-state index contributed by atoms with van der Waals surface area (Å²) in [5, 5.41) is 6.32. The van der Waals surface area contributed by atoms with Crippen LogP contribution < -0.4 is 10.6 Å². The molecule has 0 aromatic heterocycles. The second-order valence-electron chi connectivity index (χ2n) is 6.66. The molecule has 0 spiro atoms. The third-order valence-corrected chi connectivity index (χ3v) is 4.90. The van der Waals surface area contributed by atoms with Gasteiger partial charge in [-0.2, -0.15) is 0 Å². The molecule has 1 amide bonds. The Hall–Kier alpha value is -2.08. The highest BCUT2D eigenvalue weighted by molar-refractivity contribution is 5.86. The van der Waals surface area contributed by atoms with E-state index in [0.29, 0.717) is 12.8 Å². The van der Waals surface area contributed by atoms with E-state index in [9.17, 15) is 9.59 Å². The van der Waals surface area contributed by atoms with Gasteiger partial charge in [0.1, 0.15) is 12.1 Å². The quantitative estimate of drug-likeness (QED) is 0.826. The van der Waals surface area contributed by atoms with Crippen molar-refractivity contribution in [3.8, 4) is 0 Å². The fraction of sp³-hybridized carbons (Fsp3) is 0.556. The van der Waals surface area contributed by atoms with Crippen LogP contribution in [0.2, 0.25) is 0 Å². The van der Waals surface area contributed by atoms with Crippen LogP contribution in [0.4, 0.5) is 4.79 Å². The van der Waals surface area contributed by atoms with E-state index in [1.807, 2.05) is 30.3 Å². The second-order valence-corrected chi connectivity index (χ2v) is 6.66. The highest BCUT2D eigenvalue weighted by Crippen LogP contribution is 2.33. The van der Waals surface area contributed by atoms with Gasteiger partial charge in [0.2, 0.25) is 0 Å². The molecule has 2 aliphatic heterocycles. The molecule has 2 fully saturated rings. The van der Waals surface area contributed by atoms with E-state index in [2.05, 4.69) is 10.6 Å². The Labute approximate surface area is 141 Å². The minimum Gasteiger partial charge on any atom is -0.467 e. The number of carbonyl (C=O) groups excluding carboxylic acids is 2. The van der Waals surface area contributed by atoms with Crippen LogP contribution in [0, 0.1) is 0 Å². The number of methoxy groups -OCH3 is 1. The van der Waals surface area contributed by atoms with Crippen molar-refractivity contribution in [1.82, 2.24) is 10.6 Å². The van der Waals surface area contributed by atoms with Gasteiger partial charge in [0.25, 0.3) is 0 Å². The molecule has 2 bridgehead atoms. The fourth-order valence-electron chi connectivity index (χ4n) is 3.83. The van der Waals surface area contributed by atoms with Crippen LogP contribution >= 0.6 is 0 Å². The highest BCUT2D eigenvalue weighted by atomic mass is 16.6. The molecule has 3 rings (SSSR count). The van der Waals surface area contributed by atoms with Crippen LogP contribution in [0.1, 0.15) is 37.7 Å². The minimum atomic E-state index is -0.997. The largest absolute Gasteiger partial charge is 0.467 e. The van der Waals surface area contributed by atoms with Crippen molar-refractivity contribution in [3.63, 3.8) is 0 Å². The van der Waals surface area contributed by atoms with Gasteiger partial charge >= 0.3 is 12.1 Å². The van der Waals surface area contributed by atoms with E-state index in [4.69, 9.17) is 9.47 Å². The maximum atomic E-state index is 12.4. The molecule has 6 heteroatoms. The zero-order chi connectivity index (χ0) is 17.0. The Morgan fingerprint density at radius 2 is 1.88 bits per heavy atom. The number of amides is 1. The van der Waals surface area contributed by atoms with Crippen LogP contribution in [-0.4, -0.2) is 36.8 Å². The van der Waals surface area contributed by atoms with Crippen LogP contribution in [0.25, 0.3) is 0 Å². The van der Waals surface area contributed by atoms with Crippen LogP contribution in [0.3, 0.4) is 0 Å². The monoisotopic (exact) mass is 332 g/mol. The van der Waals surface area contributed by atoms with Crippen molar-refractivity contribution in [2.75, 3.05) is 7.11 Å². The number of piperidine rings is 2. The van der Waals surface area contributed by atoms with Crippen molar-refractivity contribution in [3.05, 3.63) is 35.9 Å². The van der Waals surface area contributed by atoms with Gasteiger partial charge in [0.15, 0.2) is 0 Å². The molecule has 2 N–H and O–H groups in total. The summed E-state index contributed by atoms with van der Waals surface area (Å²) in [4.78, 5) is 24.7. The lowest BCUT2D eigenvalue weighted by Crippen LogP contribution is -2.66. The Balaban J connectivity index is 1.66. The molecule has 1 aromatic carbocycles. The van der Waals surface area contributed by atoms with Gasteiger partial charge in [-0.1, -0.05) is 36.8 Å². The summed E-state index contributed by atoms with van der Waals surface area (Å²) >= 11 is 0. The van der Waals surface area contributed by atoms with Crippen LogP contribution in [0.5, 0.6) is 0 Å². The van der Waals surface area contributed by atoms with Crippen molar-refractivity contribution in [2.24, 2.45) is 0 Å². The molecule has 2 aliphatic rings. The lowest BCUT2D eigenvalue weighted by Gasteiger charge is -2.46. The molecule has 1 aromatic rings. The number of hydrogen-bond donors (Lipinski definition) is 2. The number of carbonyl (C=O) groups is 2. The predicted molar refractivity (Wildman–Crippen MR) is 88.3 cm³/mol. The molecule has 2 heterocycles. The summed E-state index contributed by atoms with van der Waals surface area (Å²) in [6.07, 6.45) is 3.67. The van der Waals surface area contributed by atoms with E-state index in [1.165, 1.54) is 7.11 Å². The topological polar surface area (TPSA) is 76.7 Å². The van der Waals surface area contributed by atoms with Gasteiger partial charge < -0.3 is 20.1 Å². The lowest BCUT2D eigenvalue weighted by atomic mass is 9.75. The first-order chi connectivity index (χ1) is 11.6. The maximum Gasteiger partial charge on any atom is 0.408 e. The van der Waals surface area contributed by atoms with Gasteiger partial charge in [-0.15, -0.1) is 0 Å². The predicted octanol–water partition coefficient (Wildman–Crippen LogP) is 2.13. The number of rotatable bonds is 4. The van der Waals surface area contributed by atoms with Crippen LogP contribution in [-0.2, 0) is 20.9 Å². The van der Waals surface area contributed by atoms with Crippen molar-refractivity contribution in [2.45, 2.75) is 56.3 Å². The molecule has 6 nitrogen and oxygen atoms in total. The van der Waals surface area contributed by atoms with Gasteiger partial charge in [0, 0.05) is 12.1 Å². The molecule has 24 heavy (non-hydrogen) atoms. The van der Waals surface area contributed by atoms with Crippen molar-refractivity contribution >= 4 is 12.1 Å². The van der Waals surface area contributed by atoms with Gasteiger partial charge in [-0.3, -0.25) is 0 Å². The summed E-state index contributed by atoms with van der Waals surface area (Å²) in [7, 11) is 1.36. The van der Waals surface area contributed by atoms with E-state index in [1.54, 1.807) is 0 Å². The molecular weight excluding hydrogens is 308 g/mol. The third-order valence-electron chi connectivity index (χ3n) is 4.90. The fourth-order valence-corrected chi connectivity index (χ4v) is 3.83. The zero-order valence-corrected chi connectivity index (χ0v) is 13.9. The van der Waals surface area contributed by atoms with Crippen LogP contribution in [0.15, 0.2) is 30.3 Å². The average molecular weight is 332 g/mol. The Bertz CT molecular complexity index is 578. The third kappa shape index (κ3) is 3.70. The number of nitrogens with one attached hydrogen (secondary N) is 2. The molecule has 0 saturated carbocycles. The molecule has 130 valence electrons. The highest BCUT2D eigenvalue weighted by Gasteiger charge is 2.49. The number of esters is 1. The number of hydrogen-bond acceptors (Lipinski definition) is 5. The van der Waals surface area contributed by atoms with E-state index in [0.717, 1.165) is 24.8 Å². The molecule has 0 aliphatic carbocycles. The standard InChI is InChI=1S/C18H24N2O4/c1-23-16(21)18(10-14-8-5-9-15(11-18)19-14)20-17(22)24-12-13-6-3-2-4-7-13/h2-4,6-7,14-15,19H,5,8-12H2,1H3,(H,20,22). The van der Waals surface area contributed by atoms with Gasteiger partial charge in [-0.05, 0) is 31.2 Å². The maximum absolute atomic E-state index is 12.4. The molecular formula is C18H24N2O4. The van der Waals surface area contributed by atoms with E-state index < -0.39 is 17.6 Å². The first kappa shape index (κ1) is 16.8. The first-order valence-corrected chi connectivity index (χ1v) is 8.45. The lowest BCUT2D eigenvalue weighted by molar-refractivity contribution is -0.151. The number of fused-ring (bicyclic) bond motifs is 2. The normalized spacial score (nSPS) is 28.7. The zero-order valence-electron chi connectivity index (χ0n) is 13.9. The second kappa shape index (κ2) is 7.21. The van der Waals surface area contributed by atoms with E-state index >= 15 is 0 Å². The molecule has 2 saturated heterocycles. The summed E-state index contributed by atoms with van der Waals surface area (Å²) in [6, 6.07) is 9.92. The number of ether oxygens (including phenoxy) is 2. The van der Waals surface area contributed by atoms with E-state index in [-0.39, 0.29) is 18.7 Å². The minimum absolute atomic E-state index is 0.176. The van der Waals surface area contributed by atoms with Gasteiger partial charge in [-0.25, -0.2) is 9.59 Å². The Morgan fingerprint density at radius 1 is 1.21 bits per heavy atom. The summed E-state index contributed by atoms with van der Waals surface area (Å²) in [5.74, 6) is -0.391. The van der Waals surface area contributed by atoms with Crippen molar-refractivity contribution < 1.29 is 19.1 Å². The van der Waals surface area contributed by atoms with Crippen molar-refractivity contribution in [1.29, 1.82) is 0 Å². The van der Waals surface area contributed by atoms with Gasteiger partial charge in [0.05, 0.1) is 7.11 Å². The molecule has 2 unspecified atom stereocenters. The number of benzene rings is 1. The summed E-state index contributed by atoms with van der Waals surface area (Å²) in [6.45, 7) is 0.176. The average Bonchev–Trinajstić information content (AvgIpc) is 2.60. The summed E-state index contributed by atoms with van der Waals surface area (Å²) in [5.41, 5.74) is -0.0919.